The number of hydrogen-bond acceptors (Lipinski definition) is 3. The fraction of sp³-hybridized carbons (Fsp3) is 0.357. The summed E-state index contributed by atoms with van der Waals surface area (Å²) >= 11 is 0. The van der Waals surface area contributed by atoms with Gasteiger partial charge < -0.3 is 10.4 Å². The molecule has 1 saturated heterocycles. The highest BCUT2D eigenvalue weighted by Crippen LogP contribution is 2.27. The first-order valence-corrected chi connectivity index (χ1v) is 6.35. The van der Waals surface area contributed by atoms with Crippen LogP contribution in [0.3, 0.4) is 0 Å². The van der Waals surface area contributed by atoms with E-state index in [1.807, 2.05) is 18.3 Å². The number of phenolic OH excluding ortho intramolecular Hbond substituents is 1. The van der Waals surface area contributed by atoms with Gasteiger partial charge in [-0.1, -0.05) is 12.1 Å². The van der Waals surface area contributed by atoms with Gasteiger partial charge in [-0.05, 0) is 49.5 Å². The number of aromatic nitrogens is 2. The average Bonchev–Trinajstić information content (AvgIpc) is 3.01. The van der Waals surface area contributed by atoms with E-state index in [0.717, 1.165) is 36.3 Å². The summed E-state index contributed by atoms with van der Waals surface area (Å²) < 4.78 is 0. The maximum absolute atomic E-state index is 9.55. The van der Waals surface area contributed by atoms with E-state index in [2.05, 4.69) is 15.5 Å². The molecule has 1 aromatic carbocycles. The summed E-state index contributed by atoms with van der Waals surface area (Å²) in [7, 11) is 0. The molecule has 2 heterocycles. The van der Waals surface area contributed by atoms with Gasteiger partial charge in [0.05, 0.1) is 6.20 Å². The fourth-order valence-electron chi connectivity index (χ4n) is 2.57. The smallest absolute Gasteiger partial charge is 0.116 e. The summed E-state index contributed by atoms with van der Waals surface area (Å²) in [4.78, 5) is 0. The molecule has 3 N–H and O–H groups in total. The third-order valence-electron chi connectivity index (χ3n) is 3.53. The Morgan fingerprint density at radius 1 is 1.39 bits per heavy atom. The minimum Gasteiger partial charge on any atom is -0.508 e. The molecule has 0 aliphatic carbocycles. The summed E-state index contributed by atoms with van der Waals surface area (Å²) in [5.74, 6) is 0.976. The second kappa shape index (κ2) is 4.82. The van der Waals surface area contributed by atoms with Gasteiger partial charge in [0.2, 0.25) is 0 Å². The second-order valence-corrected chi connectivity index (χ2v) is 4.88. The Hall–Kier alpha value is -1.81. The van der Waals surface area contributed by atoms with Crippen molar-refractivity contribution in [2.24, 2.45) is 5.92 Å². The van der Waals surface area contributed by atoms with E-state index in [1.54, 1.807) is 12.1 Å². The van der Waals surface area contributed by atoms with Crippen LogP contribution in [-0.4, -0.2) is 28.4 Å². The SMILES string of the molecule is Oc1cccc(-c2cn[nH]c2CC2CCNC2)c1. The highest BCUT2D eigenvalue weighted by Gasteiger charge is 2.18. The zero-order chi connectivity index (χ0) is 12.4. The van der Waals surface area contributed by atoms with Gasteiger partial charge in [-0.2, -0.15) is 5.10 Å². The first kappa shape index (κ1) is 11.3. The van der Waals surface area contributed by atoms with E-state index in [-0.39, 0.29) is 0 Å². The van der Waals surface area contributed by atoms with Crippen LogP contribution in [0.4, 0.5) is 0 Å². The molecule has 4 nitrogen and oxygen atoms in total. The van der Waals surface area contributed by atoms with Crippen LogP contribution in [-0.2, 0) is 6.42 Å². The molecule has 0 saturated carbocycles. The van der Waals surface area contributed by atoms with Crippen molar-refractivity contribution in [2.75, 3.05) is 13.1 Å². The van der Waals surface area contributed by atoms with Crippen molar-refractivity contribution in [3.8, 4) is 16.9 Å². The van der Waals surface area contributed by atoms with Crippen LogP contribution in [0.15, 0.2) is 30.5 Å². The summed E-state index contributed by atoms with van der Waals surface area (Å²) in [6, 6.07) is 7.32. The third-order valence-corrected chi connectivity index (χ3v) is 3.53. The van der Waals surface area contributed by atoms with E-state index >= 15 is 0 Å². The van der Waals surface area contributed by atoms with Gasteiger partial charge in [-0.15, -0.1) is 0 Å². The largest absolute Gasteiger partial charge is 0.508 e. The van der Waals surface area contributed by atoms with Crippen LogP contribution in [0.25, 0.3) is 11.1 Å². The average molecular weight is 243 g/mol. The highest BCUT2D eigenvalue weighted by atomic mass is 16.3. The van der Waals surface area contributed by atoms with E-state index < -0.39 is 0 Å². The van der Waals surface area contributed by atoms with Gasteiger partial charge >= 0.3 is 0 Å². The van der Waals surface area contributed by atoms with Gasteiger partial charge in [0.1, 0.15) is 5.75 Å². The van der Waals surface area contributed by atoms with Crippen LogP contribution in [0.1, 0.15) is 12.1 Å². The van der Waals surface area contributed by atoms with E-state index in [1.165, 1.54) is 6.42 Å². The van der Waals surface area contributed by atoms with E-state index in [0.29, 0.717) is 11.7 Å². The number of hydrogen-bond donors (Lipinski definition) is 3. The Bertz CT molecular complexity index is 529. The number of aromatic hydroxyl groups is 1. The first-order valence-electron chi connectivity index (χ1n) is 6.35. The van der Waals surface area contributed by atoms with Crippen molar-refractivity contribution in [3.05, 3.63) is 36.2 Å². The predicted octanol–water partition coefficient (Wildman–Crippen LogP) is 1.93. The molecule has 1 unspecified atom stereocenters. The molecule has 3 rings (SSSR count). The zero-order valence-corrected chi connectivity index (χ0v) is 10.2. The molecule has 1 aromatic heterocycles. The van der Waals surface area contributed by atoms with Gasteiger partial charge in [0.25, 0.3) is 0 Å². The van der Waals surface area contributed by atoms with Crippen molar-refractivity contribution in [2.45, 2.75) is 12.8 Å². The number of nitrogens with zero attached hydrogens (tertiary/aromatic N) is 1. The fourth-order valence-corrected chi connectivity index (χ4v) is 2.57. The van der Waals surface area contributed by atoms with Crippen LogP contribution in [0.2, 0.25) is 0 Å². The molecule has 1 fully saturated rings. The molecule has 1 aliphatic heterocycles. The molecule has 94 valence electrons. The molecule has 1 atom stereocenters. The summed E-state index contributed by atoms with van der Waals surface area (Å²) in [5, 5.41) is 20.2. The molecular formula is C14H17N3O. The van der Waals surface area contributed by atoms with Gasteiger partial charge in [0.15, 0.2) is 0 Å². The maximum Gasteiger partial charge on any atom is 0.116 e. The van der Waals surface area contributed by atoms with Gasteiger partial charge in [-0.25, -0.2) is 0 Å². The number of benzene rings is 1. The molecule has 1 aliphatic rings. The zero-order valence-electron chi connectivity index (χ0n) is 10.2. The standard InChI is InChI=1S/C14H17N3O/c18-12-3-1-2-11(7-12)13-9-16-17-14(13)6-10-4-5-15-8-10/h1-3,7,9-10,15,18H,4-6,8H2,(H,16,17). The van der Waals surface area contributed by atoms with Crippen molar-refractivity contribution in [1.29, 1.82) is 0 Å². The van der Waals surface area contributed by atoms with E-state index in [9.17, 15) is 5.11 Å². The Morgan fingerprint density at radius 3 is 3.11 bits per heavy atom. The van der Waals surface area contributed by atoms with Crippen molar-refractivity contribution in [1.82, 2.24) is 15.5 Å². The van der Waals surface area contributed by atoms with Crippen LogP contribution < -0.4 is 5.32 Å². The Labute approximate surface area is 106 Å². The molecule has 2 aromatic rings. The van der Waals surface area contributed by atoms with Crippen molar-refractivity contribution < 1.29 is 5.11 Å². The highest BCUT2D eigenvalue weighted by molar-refractivity contribution is 5.66. The predicted molar refractivity (Wildman–Crippen MR) is 70.4 cm³/mol. The molecule has 18 heavy (non-hydrogen) atoms. The van der Waals surface area contributed by atoms with Crippen LogP contribution in [0.5, 0.6) is 5.75 Å². The Morgan fingerprint density at radius 2 is 2.33 bits per heavy atom. The minimum absolute atomic E-state index is 0.294. The number of nitrogens with one attached hydrogen (secondary N) is 2. The van der Waals surface area contributed by atoms with Crippen LogP contribution >= 0.6 is 0 Å². The number of H-pyrrole nitrogens is 1. The first-order chi connectivity index (χ1) is 8.83. The molecule has 4 heteroatoms. The van der Waals surface area contributed by atoms with Crippen LogP contribution in [0, 0.1) is 5.92 Å². The maximum atomic E-state index is 9.55. The number of rotatable bonds is 3. The number of phenols is 1. The third kappa shape index (κ3) is 2.24. The minimum atomic E-state index is 0.294. The summed E-state index contributed by atoms with van der Waals surface area (Å²) in [5.41, 5.74) is 3.27. The summed E-state index contributed by atoms with van der Waals surface area (Å²) in [6.45, 7) is 2.19. The van der Waals surface area contributed by atoms with Crippen molar-refractivity contribution in [3.63, 3.8) is 0 Å². The molecule has 0 amide bonds. The van der Waals surface area contributed by atoms with Crippen molar-refractivity contribution >= 4 is 0 Å². The lowest BCUT2D eigenvalue weighted by Crippen LogP contribution is -2.11. The Kier molecular flexibility index (Phi) is 3.02. The summed E-state index contributed by atoms with van der Waals surface area (Å²) in [6.07, 6.45) is 4.07. The second-order valence-electron chi connectivity index (χ2n) is 4.88. The molecule has 0 bridgehead atoms. The monoisotopic (exact) mass is 243 g/mol. The quantitative estimate of drug-likeness (QED) is 0.772. The number of aromatic amines is 1. The normalized spacial score (nSPS) is 19.2. The lowest BCUT2D eigenvalue weighted by atomic mass is 9.97. The Balaban J connectivity index is 1.86. The van der Waals surface area contributed by atoms with E-state index in [4.69, 9.17) is 0 Å². The topological polar surface area (TPSA) is 60.9 Å². The molecular weight excluding hydrogens is 226 g/mol. The van der Waals surface area contributed by atoms with Gasteiger partial charge in [0, 0.05) is 11.3 Å². The lowest BCUT2D eigenvalue weighted by Gasteiger charge is -2.08. The van der Waals surface area contributed by atoms with Gasteiger partial charge in [-0.3, -0.25) is 5.10 Å². The lowest BCUT2D eigenvalue weighted by molar-refractivity contribution is 0.475. The molecule has 0 radical (unpaired) electrons. The molecule has 0 spiro atoms.